The van der Waals surface area contributed by atoms with E-state index >= 15 is 0 Å². The van der Waals surface area contributed by atoms with Crippen LogP contribution in [0.25, 0.3) is 20.8 Å². The van der Waals surface area contributed by atoms with Crippen molar-refractivity contribution in [2.75, 3.05) is 0 Å². The van der Waals surface area contributed by atoms with Gasteiger partial charge in [0.25, 0.3) is 0 Å². The molecule has 25 heavy (non-hydrogen) atoms. The van der Waals surface area contributed by atoms with Gasteiger partial charge in [0.15, 0.2) is 0 Å². The molecule has 5 heteroatoms. The summed E-state index contributed by atoms with van der Waals surface area (Å²) in [6, 6.07) is 19.0. The lowest BCUT2D eigenvalue weighted by atomic mass is 10.1. The van der Waals surface area contributed by atoms with E-state index in [1.54, 1.807) is 23.5 Å². The van der Waals surface area contributed by atoms with E-state index in [-0.39, 0.29) is 5.56 Å². The van der Waals surface area contributed by atoms with Crippen LogP contribution in [0.15, 0.2) is 65.7 Å². The molecule has 2 aromatic rings. The fraction of sp³-hybridized carbons (Fsp3) is 0.0500. The number of nitrogens with zero attached hydrogens (tertiary/aromatic N) is 2. The molecule has 0 aromatic heterocycles. The summed E-state index contributed by atoms with van der Waals surface area (Å²) in [5.74, 6) is -0.948. The molecule has 1 N–H and O–H groups in total. The second-order valence-electron chi connectivity index (χ2n) is 5.81. The Morgan fingerprint density at radius 2 is 1.92 bits per heavy atom. The first kappa shape index (κ1) is 15.5. The Bertz CT molecular complexity index is 1150. The van der Waals surface area contributed by atoms with E-state index < -0.39 is 5.97 Å². The summed E-state index contributed by atoms with van der Waals surface area (Å²) in [4.78, 5) is 21.5. The van der Waals surface area contributed by atoms with Gasteiger partial charge in [-0.2, -0.15) is 0 Å². The summed E-state index contributed by atoms with van der Waals surface area (Å²) in [5, 5.41) is 9.97. The monoisotopic (exact) mass is 346 g/mol. The molecule has 0 radical (unpaired) electrons. The maximum absolute atomic E-state index is 11.2. The van der Waals surface area contributed by atoms with Crippen LogP contribution in [0, 0.1) is 6.92 Å². The van der Waals surface area contributed by atoms with Gasteiger partial charge in [-0.05, 0) is 61.0 Å². The third kappa shape index (κ3) is 3.14. The lowest BCUT2D eigenvalue weighted by molar-refractivity contribution is 0.0697. The fourth-order valence-corrected chi connectivity index (χ4v) is 3.73. The number of benzene rings is 3. The number of para-hydroxylation sites is 1. The van der Waals surface area contributed by atoms with Gasteiger partial charge in [0.2, 0.25) is 0 Å². The number of carboxylic acids is 1. The van der Waals surface area contributed by atoms with Gasteiger partial charge in [-0.15, -0.1) is 11.3 Å². The second-order valence-corrected chi connectivity index (χ2v) is 6.89. The maximum Gasteiger partial charge on any atom is 0.335 e. The summed E-state index contributed by atoms with van der Waals surface area (Å²) in [6.07, 6.45) is 0. The summed E-state index contributed by atoms with van der Waals surface area (Å²) in [7, 11) is 0. The van der Waals surface area contributed by atoms with Crippen molar-refractivity contribution in [2.24, 2.45) is 4.99 Å². The zero-order valence-corrected chi connectivity index (χ0v) is 14.2. The Hall–Kier alpha value is -3.05. The first-order valence-electron chi connectivity index (χ1n) is 7.78. The van der Waals surface area contributed by atoms with Crippen molar-refractivity contribution in [3.8, 4) is 10.6 Å². The van der Waals surface area contributed by atoms with Crippen LogP contribution in [-0.4, -0.2) is 16.1 Å². The van der Waals surface area contributed by atoms with E-state index in [4.69, 9.17) is 0 Å². The average molecular weight is 346 g/mol. The number of carbonyl (C=O) groups is 1. The first-order chi connectivity index (χ1) is 12.1. The number of hydrogen-bond donors (Lipinski definition) is 1. The van der Waals surface area contributed by atoms with Crippen molar-refractivity contribution in [1.82, 2.24) is 4.98 Å². The van der Waals surface area contributed by atoms with Gasteiger partial charge in [-0.1, -0.05) is 12.1 Å². The SMILES string of the molecule is Cc1cc(/N=c2\ccc3nc4ccccc4sc-3c2)cc(C(=O)O)c1. The normalized spacial score (nSPS) is 12.0. The number of aromatic carboxylic acids is 1. The van der Waals surface area contributed by atoms with Gasteiger partial charge < -0.3 is 5.11 Å². The number of fused-ring (bicyclic) bond motifs is 2. The predicted molar refractivity (Wildman–Crippen MR) is 99.6 cm³/mol. The summed E-state index contributed by atoms with van der Waals surface area (Å²) in [5.41, 5.74) is 3.66. The van der Waals surface area contributed by atoms with Gasteiger partial charge in [0.1, 0.15) is 0 Å². The highest BCUT2D eigenvalue weighted by atomic mass is 32.1. The molecule has 1 aliphatic carbocycles. The van der Waals surface area contributed by atoms with E-state index in [1.165, 1.54) is 0 Å². The van der Waals surface area contributed by atoms with Crippen molar-refractivity contribution in [1.29, 1.82) is 0 Å². The third-order valence-corrected chi connectivity index (χ3v) is 4.95. The van der Waals surface area contributed by atoms with Crippen LogP contribution in [0.5, 0.6) is 0 Å². The molecular formula is C20H14N2O2S. The minimum absolute atomic E-state index is 0.245. The quantitative estimate of drug-likeness (QED) is 0.538. The molecule has 0 saturated heterocycles. The van der Waals surface area contributed by atoms with E-state index in [2.05, 4.69) is 16.0 Å². The Kier molecular flexibility index (Phi) is 3.78. The van der Waals surface area contributed by atoms with Crippen molar-refractivity contribution in [2.45, 2.75) is 6.92 Å². The molecule has 1 heterocycles. The Morgan fingerprint density at radius 3 is 2.76 bits per heavy atom. The predicted octanol–water partition coefficient (Wildman–Crippen LogP) is 4.64. The minimum Gasteiger partial charge on any atom is -0.478 e. The zero-order valence-electron chi connectivity index (χ0n) is 13.4. The number of aromatic nitrogens is 1. The number of rotatable bonds is 2. The topological polar surface area (TPSA) is 62.5 Å². The van der Waals surface area contributed by atoms with E-state index in [9.17, 15) is 9.90 Å². The smallest absolute Gasteiger partial charge is 0.335 e. The lowest BCUT2D eigenvalue weighted by Gasteiger charge is -2.06. The minimum atomic E-state index is -0.948. The van der Waals surface area contributed by atoms with Crippen molar-refractivity contribution >= 4 is 33.2 Å². The van der Waals surface area contributed by atoms with Gasteiger partial charge in [0.05, 0.1) is 37.4 Å². The number of aryl methyl sites for hydroxylation is 1. The highest BCUT2D eigenvalue weighted by Gasteiger charge is 2.07. The van der Waals surface area contributed by atoms with Crippen LogP contribution in [0.1, 0.15) is 15.9 Å². The molecule has 0 amide bonds. The van der Waals surface area contributed by atoms with Crippen LogP contribution in [0.3, 0.4) is 0 Å². The van der Waals surface area contributed by atoms with E-state index in [1.807, 2.05) is 49.4 Å². The Balaban J connectivity index is 1.87. The standard InChI is InChI=1S/C20H14N2O2S/c1-12-8-13(20(23)24)10-15(9-12)21-14-6-7-17-19(11-14)25-18-5-3-2-4-16(18)22-17/h2-11H,1H3,(H,23,24)/b21-14+. The molecule has 0 bridgehead atoms. The highest BCUT2D eigenvalue weighted by molar-refractivity contribution is 7.21. The van der Waals surface area contributed by atoms with Gasteiger partial charge in [-0.3, -0.25) is 0 Å². The molecule has 0 fully saturated rings. The Morgan fingerprint density at radius 1 is 1.08 bits per heavy atom. The molecule has 4 nitrogen and oxygen atoms in total. The zero-order chi connectivity index (χ0) is 17.4. The molecule has 0 atom stereocenters. The van der Waals surface area contributed by atoms with Crippen molar-refractivity contribution in [3.05, 3.63) is 77.1 Å². The van der Waals surface area contributed by atoms with Crippen molar-refractivity contribution in [3.63, 3.8) is 0 Å². The molecule has 1 aliphatic heterocycles. The van der Waals surface area contributed by atoms with Crippen LogP contribution in [0.4, 0.5) is 5.69 Å². The average Bonchev–Trinajstić information content (AvgIpc) is 2.59. The molecule has 2 aliphatic rings. The van der Waals surface area contributed by atoms with E-state index in [0.29, 0.717) is 5.69 Å². The van der Waals surface area contributed by atoms with Gasteiger partial charge in [-0.25, -0.2) is 14.8 Å². The Labute approximate surface area is 148 Å². The summed E-state index contributed by atoms with van der Waals surface area (Å²) in [6.45, 7) is 1.87. The highest BCUT2D eigenvalue weighted by Crippen LogP contribution is 2.29. The van der Waals surface area contributed by atoms with E-state index in [0.717, 1.165) is 31.7 Å². The number of hydrogen-bond acceptors (Lipinski definition) is 4. The maximum atomic E-state index is 11.2. The summed E-state index contributed by atoms with van der Waals surface area (Å²) >= 11 is 1.67. The van der Waals surface area contributed by atoms with Crippen molar-refractivity contribution < 1.29 is 9.90 Å². The van der Waals surface area contributed by atoms with Crippen LogP contribution < -0.4 is 5.36 Å². The first-order valence-corrected chi connectivity index (χ1v) is 8.59. The molecule has 0 unspecified atom stereocenters. The molecule has 4 rings (SSSR count). The second kappa shape index (κ2) is 6.11. The third-order valence-electron chi connectivity index (χ3n) is 3.84. The molecule has 2 aromatic carbocycles. The van der Waals surface area contributed by atoms with Gasteiger partial charge >= 0.3 is 5.97 Å². The van der Waals surface area contributed by atoms with Crippen LogP contribution in [-0.2, 0) is 0 Å². The molecule has 0 saturated carbocycles. The lowest BCUT2D eigenvalue weighted by Crippen LogP contribution is -2.02. The fourth-order valence-electron chi connectivity index (χ4n) is 2.73. The van der Waals surface area contributed by atoms with Gasteiger partial charge in [0, 0.05) is 0 Å². The molecular weight excluding hydrogens is 332 g/mol. The summed E-state index contributed by atoms with van der Waals surface area (Å²) < 4.78 is 1.12. The largest absolute Gasteiger partial charge is 0.478 e. The molecule has 0 spiro atoms. The van der Waals surface area contributed by atoms with Crippen LogP contribution >= 0.6 is 11.3 Å². The molecule has 122 valence electrons. The number of carboxylic acid groups (broad SMARTS) is 1. The van der Waals surface area contributed by atoms with Crippen LogP contribution in [0.2, 0.25) is 0 Å².